The second-order valence-electron chi connectivity index (χ2n) is 4.69. The minimum Gasteiger partial charge on any atom is -0.352 e. The average molecular weight is 262 g/mol. The third-order valence-electron chi connectivity index (χ3n) is 3.40. The van der Waals surface area contributed by atoms with Gasteiger partial charge in [0.1, 0.15) is 5.82 Å². The van der Waals surface area contributed by atoms with Crippen LogP contribution >= 0.6 is 0 Å². The predicted octanol–water partition coefficient (Wildman–Crippen LogP) is 2.64. The molecule has 4 heteroatoms. The third-order valence-corrected chi connectivity index (χ3v) is 3.40. The fourth-order valence-electron chi connectivity index (χ4n) is 2.38. The van der Waals surface area contributed by atoms with Crippen LogP contribution in [0.4, 0.5) is 5.82 Å². The molecule has 0 saturated carbocycles. The van der Waals surface area contributed by atoms with E-state index in [-0.39, 0.29) is 0 Å². The fraction of sp³-hybridized carbons (Fsp3) is 0.188. The lowest BCUT2D eigenvalue weighted by Gasteiger charge is -2.28. The molecule has 0 fully saturated rings. The molecule has 0 spiro atoms. The monoisotopic (exact) mass is 262 g/mol. The van der Waals surface area contributed by atoms with E-state index in [0.717, 1.165) is 25.3 Å². The van der Waals surface area contributed by atoms with Crippen LogP contribution in [0.2, 0.25) is 0 Å². The van der Waals surface area contributed by atoms with Gasteiger partial charge in [0, 0.05) is 31.7 Å². The van der Waals surface area contributed by atoms with E-state index >= 15 is 0 Å². The molecule has 98 valence electrons. The molecule has 0 aromatic carbocycles. The maximum atomic E-state index is 8.98. The number of hydrogen-bond acceptors (Lipinski definition) is 4. The van der Waals surface area contributed by atoms with Crippen LogP contribution in [0, 0.1) is 11.3 Å². The average Bonchev–Trinajstić information content (AvgIpc) is 2.56. The molecule has 20 heavy (non-hydrogen) atoms. The van der Waals surface area contributed by atoms with Gasteiger partial charge in [-0.05, 0) is 41.8 Å². The van der Waals surface area contributed by atoms with Crippen LogP contribution in [0.3, 0.4) is 0 Å². The molecule has 0 saturated heterocycles. The van der Waals surface area contributed by atoms with Gasteiger partial charge in [-0.2, -0.15) is 5.26 Å². The van der Waals surface area contributed by atoms with Gasteiger partial charge in [-0.3, -0.25) is 4.98 Å². The van der Waals surface area contributed by atoms with Crippen LogP contribution in [0.15, 0.2) is 48.9 Å². The first-order valence-electron chi connectivity index (χ1n) is 6.57. The zero-order chi connectivity index (χ0) is 13.8. The Morgan fingerprint density at radius 3 is 2.80 bits per heavy atom. The van der Waals surface area contributed by atoms with E-state index in [4.69, 9.17) is 5.26 Å². The van der Waals surface area contributed by atoms with Crippen molar-refractivity contribution < 1.29 is 0 Å². The Balaban J connectivity index is 1.84. The van der Waals surface area contributed by atoms with Gasteiger partial charge in [-0.15, -0.1) is 0 Å². The van der Waals surface area contributed by atoms with Crippen LogP contribution in [-0.4, -0.2) is 23.1 Å². The van der Waals surface area contributed by atoms with E-state index in [1.807, 2.05) is 30.6 Å². The first-order chi connectivity index (χ1) is 9.86. The van der Waals surface area contributed by atoms with Crippen LogP contribution in [0.1, 0.15) is 17.5 Å². The Bertz CT molecular complexity index is 670. The summed E-state index contributed by atoms with van der Waals surface area (Å²) >= 11 is 0. The van der Waals surface area contributed by atoms with Crippen LogP contribution < -0.4 is 4.90 Å². The number of rotatable bonds is 2. The first-order valence-corrected chi connectivity index (χ1v) is 6.57. The van der Waals surface area contributed by atoms with E-state index < -0.39 is 0 Å². The van der Waals surface area contributed by atoms with Crippen molar-refractivity contribution in [3.05, 3.63) is 60.1 Å². The molecule has 2 aromatic heterocycles. The fourth-order valence-corrected chi connectivity index (χ4v) is 2.38. The van der Waals surface area contributed by atoms with Crippen molar-refractivity contribution in [1.82, 2.24) is 9.97 Å². The molecule has 0 atom stereocenters. The van der Waals surface area contributed by atoms with E-state index in [2.05, 4.69) is 27.0 Å². The number of nitriles is 1. The summed E-state index contributed by atoms with van der Waals surface area (Å²) in [6.07, 6.45) is 8.56. The van der Waals surface area contributed by atoms with Gasteiger partial charge in [-0.25, -0.2) is 4.98 Å². The Kier molecular flexibility index (Phi) is 3.42. The molecule has 2 aromatic rings. The maximum Gasteiger partial charge on any atom is 0.130 e. The lowest BCUT2D eigenvalue weighted by atomic mass is 10.0. The Hall–Kier alpha value is -2.67. The highest BCUT2D eigenvalue weighted by Crippen LogP contribution is 2.24. The standard InChI is InChI=1S/C16H14N4/c17-11-13-3-8-19-16(10-13)20-9-1-2-15(12-20)14-4-6-18-7-5-14/h2-8,10H,1,9,12H2. The second kappa shape index (κ2) is 5.54. The molecule has 0 aliphatic carbocycles. The van der Waals surface area contributed by atoms with E-state index in [1.54, 1.807) is 12.3 Å². The van der Waals surface area contributed by atoms with Gasteiger partial charge >= 0.3 is 0 Å². The smallest absolute Gasteiger partial charge is 0.130 e. The molecule has 3 heterocycles. The van der Waals surface area contributed by atoms with Crippen LogP contribution in [-0.2, 0) is 0 Å². The quantitative estimate of drug-likeness (QED) is 0.835. The summed E-state index contributed by atoms with van der Waals surface area (Å²) in [6.45, 7) is 1.74. The minimum absolute atomic E-state index is 0.648. The summed E-state index contributed by atoms with van der Waals surface area (Å²) < 4.78 is 0. The molecule has 0 radical (unpaired) electrons. The van der Waals surface area contributed by atoms with Crippen molar-refractivity contribution in [2.24, 2.45) is 0 Å². The molecule has 1 aliphatic rings. The zero-order valence-corrected chi connectivity index (χ0v) is 11.0. The van der Waals surface area contributed by atoms with Gasteiger partial charge < -0.3 is 4.90 Å². The van der Waals surface area contributed by atoms with Gasteiger partial charge in [0.2, 0.25) is 0 Å². The second-order valence-corrected chi connectivity index (χ2v) is 4.69. The summed E-state index contributed by atoms with van der Waals surface area (Å²) in [4.78, 5) is 10.6. The van der Waals surface area contributed by atoms with E-state index in [9.17, 15) is 0 Å². The van der Waals surface area contributed by atoms with Crippen molar-refractivity contribution >= 4 is 11.4 Å². The third kappa shape index (κ3) is 2.52. The number of hydrogen-bond donors (Lipinski definition) is 0. The molecule has 0 N–H and O–H groups in total. The molecule has 1 aliphatic heterocycles. The number of anilines is 1. The highest BCUT2D eigenvalue weighted by atomic mass is 15.2. The summed E-state index contributed by atoms with van der Waals surface area (Å²) in [5.74, 6) is 0.865. The van der Waals surface area contributed by atoms with Gasteiger partial charge in [0.25, 0.3) is 0 Å². The maximum absolute atomic E-state index is 8.98. The first kappa shape index (κ1) is 12.4. The topological polar surface area (TPSA) is 52.8 Å². The Labute approximate surface area is 118 Å². The predicted molar refractivity (Wildman–Crippen MR) is 78.0 cm³/mol. The molecular formula is C16H14N4. The Morgan fingerprint density at radius 2 is 2.00 bits per heavy atom. The molecule has 0 bridgehead atoms. The Morgan fingerprint density at radius 1 is 1.15 bits per heavy atom. The lowest BCUT2D eigenvalue weighted by molar-refractivity contribution is 0.815. The van der Waals surface area contributed by atoms with Crippen LogP contribution in [0.25, 0.3) is 5.57 Å². The minimum atomic E-state index is 0.648. The van der Waals surface area contributed by atoms with Crippen molar-refractivity contribution in [1.29, 1.82) is 5.26 Å². The van der Waals surface area contributed by atoms with Gasteiger partial charge in [-0.1, -0.05) is 6.08 Å². The molecule has 0 unspecified atom stereocenters. The zero-order valence-electron chi connectivity index (χ0n) is 11.0. The summed E-state index contributed by atoms with van der Waals surface area (Å²) in [7, 11) is 0. The summed E-state index contributed by atoms with van der Waals surface area (Å²) in [5, 5.41) is 8.98. The number of nitrogens with zero attached hydrogens (tertiary/aromatic N) is 4. The van der Waals surface area contributed by atoms with Gasteiger partial charge in [0.05, 0.1) is 11.6 Å². The normalized spacial score (nSPS) is 14.6. The van der Waals surface area contributed by atoms with Crippen molar-refractivity contribution in [3.63, 3.8) is 0 Å². The largest absolute Gasteiger partial charge is 0.352 e. The highest BCUT2D eigenvalue weighted by Gasteiger charge is 2.15. The van der Waals surface area contributed by atoms with E-state index in [1.165, 1.54) is 11.1 Å². The van der Waals surface area contributed by atoms with Gasteiger partial charge in [0.15, 0.2) is 0 Å². The SMILES string of the molecule is N#Cc1ccnc(N2CCC=C(c3ccncc3)C2)c1. The molecule has 3 rings (SSSR count). The van der Waals surface area contributed by atoms with Crippen molar-refractivity contribution in [2.45, 2.75) is 6.42 Å². The molecular weight excluding hydrogens is 248 g/mol. The van der Waals surface area contributed by atoms with Crippen molar-refractivity contribution in [3.8, 4) is 6.07 Å². The molecule has 4 nitrogen and oxygen atoms in total. The summed E-state index contributed by atoms with van der Waals surface area (Å²) in [6, 6.07) is 9.78. The number of pyridine rings is 2. The molecule has 0 amide bonds. The van der Waals surface area contributed by atoms with Crippen LogP contribution in [0.5, 0.6) is 0 Å². The number of aromatic nitrogens is 2. The van der Waals surface area contributed by atoms with Crippen molar-refractivity contribution in [2.75, 3.05) is 18.0 Å². The van der Waals surface area contributed by atoms with E-state index in [0.29, 0.717) is 5.56 Å². The lowest BCUT2D eigenvalue weighted by Crippen LogP contribution is -2.30. The highest BCUT2D eigenvalue weighted by molar-refractivity contribution is 5.70. The summed E-state index contributed by atoms with van der Waals surface area (Å²) in [5.41, 5.74) is 3.12.